The van der Waals surface area contributed by atoms with Gasteiger partial charge in [0.2, 0.25) is 5.91 Å². The quantitative estimate of drug-likeness (QED) is 0.487. The molecule has 0 bridgehead atoms. The predicted molar refractivity (Wildman–Crippen MR) is 93.6 cm³/mol. The zero-order chi connectivity index (χ0) is 19.0. The van der Waals surface area contributed by atoms with E-state index in [-0.39, 0.29) is 26.9 Å². The summed E-state index contributed by atoms with van der Waals surface area (Å²) in [6.45, 7) is -0.634. The Morgan fingerprint density at radius 1 is 1.08 bits per heavy atom. The average Bonchev–Trinajstić information content (AvgIpc) is 2.83. The molecule has 1 aliphatic rings. The van der Waals surface area contributed by atoms with Crippen molar-refractivity contribution in [2.45, 2.75) is 0 Å². The van der Waals surface area contributed by atoms with Crippen LogP contribution in [0.1, 0.15) is 20.7 Å². The molecule has 0 spiro atoms. The van der Waals surface area contributed by atoms with Crippen LogP contribution >= 0.6 is 23.2 Å². The smallest absolute Gasteiger partial charge is 0.282 e. The van der Waals surface area contributed by atoms with Crippen molar-refractivity contribution >= 4 is 52.3 Å². The summed E-state index contributed by atoms with van der Waals surface area (Å²) in [5.41, 5.74) is -0.791. The first-order chi connectivity index (χ1) is 12.3. The van der Waals surface area contributed by atoms with Crippen LogP contribution in [0.25, 0.3) is 0 Å². The summed E-state index contributed by atoms with van der Waals surface area (Å²) in [7, 11) is 0. The van der Waals surface area contributed by atoms with Gasteiger partial charge in [0.05, 0.1) is 26.2 Å². The van der Waals surface area contributed by atoms with Crippen LogP contribution in [-0.2, 0) is 4.79 Å². The fraction of sp³-hybridized carbons (Fsp3) is 0.0625. The molecule has 132 valence electrons. The minimum absolute atomic E-state index is 0.118. The fourth-order valence-corrected chi connectivity index (χ4v) is 3.04. The third-order valence-electron chi connectivity index (χ3n) is 3.70. The first-order valence-corrected chi connectivity index (χ1v) is 7.94. The summed E-state index contributed by atoms with van der Waals surface area (Å²) in [5, 5.41) is 13.9. The van der Waals surface area contributed by atoms with Crippen molar-refractivity contribution in [3.63, 3.8) is 0 Å². The molecule has 1 N–H and O–H groups in total. The second kappa shape index (κ2) is 6.74. The maximum atomic E-state index is 12.4. The first-order valence-electron chi connectivity index (χ1n) is 7.18. The Labute approximate surface area is 156 Å². The van der Waals surface area contributed by atoms with Gasteiger partial charge in [-0.15, -0.1) is 0 Å². The Kier molecular flexibility index (Phi) is 4.62. The number of halogens is 2. The standard InChI is InChI=1S/C16H9Cl2N3O5/c17-9-4-2-5-10(18)14(9)19-12(22)7-20-15(23)8-3-1-6-11(21(25)26)13(8)16(20)24/h1-6H,7H2,(H,19,22). The summed E-state index contributed by atoms with van der Waals surface area (Å²) < 4.78 is 0. The van der Waals surface area contributed by atoms with Crippen molar-refractivity contribution in [3.05, 3.63) is 67.7 Å². The Morgan fingerprint density at radius 3 is 2.31 bits per heavy atom. The van der Waals surface area contributed by atoms with Gasteiger partial charge < -0.3 is 5.32 Å². The molecule has 1 heterocycles. The lowest BCUT2D eigenvalue weighted by Crippen LogP contribution is -2.37. The van der Waals surface area contributed by atoms with E-state index >= 15 is 0 Å². The number of fused-ring (bicyclic) bond motifs is 1. The van der Waals surface area contributed by atoms with Gasteiger partial charge >= 0.3 is 0 Å². The molecule has 8 nitrogen and oxygen atoms in total. The second-order valence-corrected chi connectivity index (χ2v) is 6.11. The van der Waals surface area contributed by atoms with E-state index in [1.54, 1.807) is 6.07 Å². The molecule has 0 fully saturated rings. The van der Waals surface area contributed by atoms with E-state index in [1.165, 1.54) is 24.3 Å². The molecule has 0 atom stereocenters. The predicted octanol–water partition coefficient (Wildman–Crippen LogP) is 3.14. The minimum atomic E-state index is -0.905. The molecule has 0 aliphatic carbocycles. The Bertz CT molecular complexity index is 956. The number of carbonyl (C=O) groups excluding carboxylic acids is 3. The van der Waals surface area contributed by atoms with Crippen molar-refractivity contribution < 1.29 is 19.3 Å². The van der Waals surface area contributed by atoms with Crippen molar-refractivity contribution in [1.82, 2.24) is 4.90 Å². The molecule has 0 aromatic heterocycles. The molecule has 0 radical (unpaired) electrons. The number of hydrogen-bond acceptors (Lipinski definition) is 5. The molecule has 1 aliphatic heterocycles. The van der Waals surface area contributed by atoms with Crippen molar-refractivity contribution in [2.24, 2.45) is 0 Å². The minimum Gasteiger partial charge on any atom is -0.322 e. The van der Waals surface area contributed by atoms with Crippen molar-refractivity contribution in [3.8, 4) is 0 Å². The molecule has 2 aromatic carbocycles. The van der Waals surface area contributed by atoms with Gasteiger partial charge in [0.25, 0.3) is 17.5 Å². The van der Waals surface area contributed by atoms with Gasteiger partial charge in [-0.05, 0) is 18.2 Å². The first kappa shape index (κ1) is 17.8. The third kappa shape index (κ3) is 3.00. The van der Waals surface area contributed by atoms with Crippen molar-refractivity contribution in [1.29, 1.82) is 0 Å². The van der Waals surface area contributed by atoms with Crippen LogP contribution in [0.4, 0.5) is 11.4 Å². The molecule has 3 rings (SSSR count). The van der Waals surface area contributed by atoms with E-state index < -0.39 is 34.9 Å². The number of hydrogen-bond donors (Lipinski definition) is 1. The number of nitro benzene ring substituents is 1. The lowest BCUT2D eigenvalue weighted by Gasteiger charge is -2.14. The Hall–Kier alpha value is -2.97. The maximum absolute atomic E-state index is 12.4. The van der Waals surface area contributed by atoms with Gasteiger partial charge in [0.15, 0.2) is 0 Å². The SMILES string of the molecule is O=C(CN1C(=O)c2cccc([N+](=O)[O-])c2C1=O)Nc1c(Cl)cccc1Cl. The molecular formula is C16H9Cl2N3O5. The summed E-state index contributed by atoms with van der Waals surface area (Å²) in [6, 6.07) is 8.32. The number of nitro groups is 1. The highest BCUT2D eigenvalue weighted by atomic mass is 35.5. The Morgan fingerprint density at radius 2 is 1.69 bits per heavy atom. The summed E-state index contributed by atoms with van der Waals surface area (Å²) >= 11 is 11.9. The molecule has 0 saturated carbocycles. The van der Waals surface area contributed by atoms with E-state index in [1.807, 2.05) is 0 Å². The van der Waals surface area contributed by atoms with Crippen LogP contribution < -0.4 is 5.32 Å². The second-order valence-electron chi connectivity index (χ2n) is 5.30. The normalized spacial score (nSPS) is 12.9. The van der Waals surface area contributed by atoms with Crippen LogP contribution in [0.15, 0.2) is 36.4 Å². The van der Waals surface area contributed by atoms with E-state index in [9.17, 15) is 24.5 Å². The van der Waals surface area contributed by atoms with Crippen LogP contribution in [0, 0.1) is 10.1 Å². The maximum Gasteiger partial charge on any atom is 0.282 e. The molecular weight excluding hydrogens is 385 g/mol. The van der Waals surface area contributed by atoms with E-state index in [2.05, 4.69) is 5.32 Å². The number of nitrogens with one attached hydrogen (secondary N) is 1. The zero-order valence-corrected chi connectivity index (χ0v) is 14.4. The number of amides is 3. The fourth-order valence-electron chi connectivity index (χ4n) is 2.55. The summed E-state index contributed by atoms with van der Waals surface area (Å²) in [6.07, 6.45) is 0. The number of anilines is 1. The van der Waals surface area contributed by atoms with Crippen LogP contribution in [0.2, 0.25) is 10.0 Å². The lowest BCUT2D eigenvalue weighted by molar-refractivity contribution is -0.385. The van der Waals surface area contributed by atoms with Crippen molar-refractivity contribution in [2.75, 3.05) is 11.9 Å². The molecule has 0 saturated heterocycles. The molecule has 26 heavy (non-hydrogen) atoms. The van der Waals surface area contributed by atoms with E-state index in [0.29, 0.717) is 4.90 Å². The van der Waals surface area contributed by atoms with Crippen LogP contribution in [0.5, 0.6) is 0 Å². The number of benzene rings is 2. The summed E-state index contributed by atoms with van der Waals surface area (Å²) in [4.78, 5) is 48.0. The highest BCUT2D eigenvalue weighted by Gasteiger charge is 2.41. The topological polar surface area (TPSA) is 110 Å². The highest BCUT2D eigenvalue weighted by molar-refractivity contribution is 6.39. The zero-order valence-electron chi connectivity index (χ0n) is 12.9. The largest absolute Gasteiger partial charge is 0.322 e. The molecule has 3 amide bonds. The van der Waals surface area contributed by atoms with Gasteiger partial charge in [-0.1, -0.05) is 35.3 Å². The monoisotopic (exact) mass is 393 g/mol. The van der Waals surface area contributed by atoms with Gasteiger partial charge in [0.1, 0.15) is 12.1 Å². The third-order valence-corrected chi connectivity index (χ3v) is 4.33. The van der Waals surface area contributed by atoms with Gasteiger partial charge in [-0.2, -0.15) is 0 Å². The number of nitrogens with zero attached hydrogens (tertiary/aromatic N) is 2. The number of carbonyl (C=O) groups is 3. The number of para-hydroxylation sites is 1. The number of rotatable bonds is 4. The van der Waals surface area contributed by atoms with Gasteiger partial charge in [-0.25, -0.2) is 0 Å². The van der Waals surface area contributed by atoms with Crippen LogP contribution in [0.3, 0.4) is 0 Å². The Balaban J connectivity index is 1.84. The van der Waals surface area contributed by atoms with Crippen LogP contribution in [-0.4, -0.2) is 34.1 Å². The lowest BCUT2D eigenvalue weighted by atomic mass is 10.1. The molecule has 0 unspecified atom stereocenters. The van der Waals surface area contributed by atoms with E-state index in [0.717, 1.165) is 6.07 Å². The van der Waals surface area contributed by atoms with Gasteiger partial charge in [-0.3, -0.25) is 29.4 Å². The average molecular weight is 394 g/mol. The van der Waals surface area contributed by atoms with Gasteiger partial charge in [0, 0.05) is 6.07 Å². The molecule has 2 aromatic rings. The number of imide groups is 1. The summed E-state index contributed by atoms with van der Waals surface area (Å²) in [5.74, 6) is -2.41. The molecule has 10 heteroatoms. The highest BCUT2D eigenvalue weighted by Crippen LogP contribution is 2.32. The van der Waals surface area contributed by atoms with E-state index in [4.69, 9.17) is 23.2 Å².